The summed E-state index contributed by atoms with van der Waals surface area (Å²) in [6.07, 6.45) is 1.91. The number of carbonyl (C=O) groups is 2. The second-order valence-electron chi connectivity index (χ2n) is 6.56. The first-order valence-electron chi connectivity index (χ1n) is 7.94. The van der Waals surface area contributed by atoms with E-state index in [0.29, 0.717) is 12.5 Å². The van der Waals surface area contributed by atoms with Crippen molar-refractivity contribution in [2.24, 2.45) is 17.8 Å². The smallest absolute Gasteiger partial charge is 0.246 e. The molecule has 1 aliphatic rings. The summed E-state index contributed by atoms with van der Waals surface area (Å²) in [4.78, 5) is 27.0. The summed E-state index contributed by atoms with van der Waals surface area (Å²) < 4.78 is 0. The van der Waals surface area contributed by atoms with Crippen LogP contribution in [0.5, 0.6) is 0 Å². The van der Waals surface area contributed by atoms with E-state index in [0.717, 1.165) is 12.8 Å². The van der Waals surface area contributed by atoms with Gasteiger partial charge in [-0.1, -0.05) is 54.4 Å². The van der Waals surface area contributed by atoms with Crippen molar-refractivity contribution in [3.05, 3.63) is 0 Å². The van der Waals surface area contributed by atoms with Gasteiger partial charge in [0.15, 0.2) is 0 Å². The predicted molar refractivity (Wildman–Crippen MR) is 81.2 cm³/mol. The molecule has 1 N–H and O–H groups in total. The summed E-state index contributed by atoms with van der Waals surface area (Å²) in [7, 11) is 0. The summed E-state index contributed by atoms with van der Waals surface area (Å²) in [6.45, 7) is 13.0. The van der Waals surface area contributed by atoms with Crippen molar-refractivity contribution >= 4 is 11.8 Å². The molecule has 0 bridgehead atoms. The molecule has 0 saturated carbocycles. The Bertz CT molecular complexity index is 354. The maximum absolute atomic E-state index is 12.7. The van der Waals surface area contributed by atoms with E-state index in [9.17, 15) is 9.59 Å². The number of rotatable bonds is 6. The third-order valence-electron chi connectivity index (χ3n) is 4.50. The van der Waals surface area contributed by atoms with Crippen LogP contribution in [0.3, 0.4) is 0 Å². The lowest BCUT2D eigenvalue weighted by molar-refractivity contribution is -0.153. The molecule has 0 radical (unpaired) electrons. The van der Waals surface area contributed by atoms with Crippen molar-refractivity contribution in [3.8, 4) is 0 Å². The van der Waals surface area contributed by atoms with Gasteiger partial charge in [-0.2, -0.15) is 0 Å². The number of carbonyl (C=O) groups excluding carboxylic acids is 2. The van der Waals surface area contributed by atoms with Gasteiger partial charge < -0.3 is 10.2 Å². The lowest BCUT2D eigenvalue weighted by Gasteiger charge is -2.43. The maximum Gasteiger partial charge on any atom is 0.246 e. The number of hydrogen-bond donors (Lipinski definition) is 1. The average Bonchev–Trinajstić information content (AvgIpc) is 2.40. The topological polar surface area (TPSA) is 49.4 Å². The first-order chi connectivity index (χ1) is 9.33. The molecule has 2 amide bonds. The summed E-state index contributed by atoms with van der Waals surface area (Å²) in [5.74, 6) is 0.842. The Kier molecular flexibility index (Phi) is 6.03. The molecule has 1 fully saturated rings. The second-order valence-corrected chi connectivity index (χ2v) is 6.56. The van der Waals surface area contributed by atoms with E-state index in [1.54, 1.807) is 0 Å². The van der Waals surface area contributed by atoms with E-state index in [1.807, 2.05) is 25.7 Å². The Morgan fingerprint density at radius 2 is 1.70 bits per heavy atom. The van der Waals surface area contributed by atoms with E-state index in [2.05, 4.69) is 26.1 Å². The number of nitrogens with one attached hydrogen (secondary N) is 1. The van der Waals surface area contributed by atoms with E-state index >= 15 is 0 Å². The third kappa shape index (κ3) is 3.53. The molecule has 0 spiro atoms. The van der Waals surface area contributed by atoms with E-state index in [-0.39, 0.29) is 35.7 Å². The Morgan fingerprint density at radius 1 is 1.10 bits per heavy atom. The van der Waals surface area contributed by atoms with Gasteiger partial charge in [0, 0.05) is 6.54 Å². The molecule has 20 heavy (non-hydrogen) atoms. The number of amides is 2. The molecule has 0 aliphatic carbocycles. The van der Waals surface area contributed by atoms with Gasteiger partial charge >= 0.3 is 0 Å². The highest BCUT2D eigenvalue weighted by Gasteiger charge is 2.43. The fourth-order valence-electron chi connectivity index (χ4n) is 2.71. The van der Waals surface area contributed by atoms with Crippen LogP contribution in [0.2, 0.25) is 0 Å². The van der Waals surface area contributed by atoms with Crippen LogP contribution in [-0.2, 0) is 9.59 Å². The van der Waals surface area contributed by atoms with Crippen LogP contribution in [0, 0.1) is 17.8 Å². The van der Waals surface area contributed by atoms with Gasteiger partial charge in [-0.3, -0.25) is 9.59 Å². The largest absolute Gasteiger partial charge is 0.342 e. The van der Waals surface area contributed by atoms with Gasteiger partial charge in [-0.25, -0.2) is 0 Å². The average molecular weight is 282 g/mol. The zero-order valence-electron chi connectivity index (χ0n) is 13.8. The third-order valence-corrected chi connectivity index (χ3v) is 4.50. The Balaban J connectivity index is 3.01. The molecule has 1 aliphatic heterocycles. The zero-order chi connectivity index (χ0) is 15.4. The summed E-state index contributed by atoms with van der Waals surface area (Å²) in [6, 6.07) is -0.677. The Morgan fingerprint density at radius 3 is 2.15 bits per heavy atom. The van der Waals surface area contributed by atoms with Crippen molar-refractivity contribution in [2.45, 2.75) is 66.5 Å². The molecular formula is C16H30N2O2. The fourth-order valence-corrected chi connectivity index (χ4v) is 2.71. The van der Waals surface area contributed by atoms with Crippen LogP contribution in [0.25, 0.3) is 0 Å². The van der Waals surface area contributed by atoms with E-state index in [1.165, 1.54) is 0 Å². The molecule has 4 nitrogen and oxygen atoms in total. The lowest BCUT2D eigenvalue weighted by Crippen LogP contribution is -2.66. The van der Waals surface area contributed by atoms with Gasteiger partial charge in [-0.15, -0.1) is 0 Å². The van der Waals surface area contributed by atoms with E-state index in [4.69, 9.17) is 0 Å². The molecule has 4 atom stereocenters. The van der Waals surface area contributed by atoms with Crippen molar-refractivity contribution in [2.75, 3.05) is 6.54 Å². The van der Waals surface area contributed by atoms with Crippen LogP contribution in [-0.4, -0.2) is 35.3 Å². The quantitative estimate of drug-likeness (QED) is 0.813. The van der Waals surface area contributed by atoms with Crippen LogP contribution < -0.4 is 5.32 Å². The van der Waals surface area contributed by atoms with Gasteiger partial charge in [0.25, 0.3) is 0 Å². The minimum atomic E-state index is -0.355. The number of piperazine rings is 1. The van der Waals surface area contributed by atoms with Gasteiger partial charge in [0.1, 0.15) is 12.1 Å². The van der Waals surface area contributed by atoms with Crippen molar-refractivity contribution in [1.29, 1.82) is 0 Å². The summed E-state index contributed by atoms with van der Waals surface area (Å²) >= 11 is 0. The van der Waals surface area contributed by atoms with Crippen LogP contribution in [0.4, 0.5) is 0 Å². The van der Waals surface area contributed by atoms with Gasteiger partial charge in [-0.05, 0) is 17.8 Å². The van der Waals surface area contributed by atoms with Crippen molar-refractivity contribution < 1.29 is 9.59 Å². The molecule has 4 unspecified atom stereocenters. The number of nitrogens with zero attached hydrogens (tertiary/aromatic N) is 1. The maximum atomic E-state index is 12.7. The first kappa shape index (κ1) is 17.0. The first-order valence-corrected chi connectivity index (χ1v) is 7.94. The van der Waals surface area contributed by atoms with Crippen molar-refractivity contribution in [3.63, 3.8) is 0 Å². The highest BCUT2D eigenvalue weighted by Crippen LogP contribution is 2.23. The van der Waals surface area contributed by atoms with Gasteiger partial charge in [0.05, 0.1) is 0 Å². The predicted octanol–water partition coefficient (Wildman–Crippen LogP) is 2.43. The summed E-state index contributed by atoms with van der Waals surface area (Å²) in [5.41, 5.74) is 0. The standard InChI is InChI=1S/C16H30N2O2/c1-7-11(5)9-18-14(10(3)4)15(19)17-13(16(18)20)12(6)8-2/h10-14H,7-9H2,1-6H3,(H,17,19). The Hall–Kier alpha value is -1.06. The molecule has 116 valence electrons. The zero-order valence-corrected chi connectivity index (χ0v) is 13.8. The normalized spacial score (nSPS) is 26.6. The molecule has 1 rings (SSSR count). The van der Waals surface area contributed by atoms with Gasteiger partial charge in [0.2, 0.25) is 11.8 Å². The lowest BCUT2D eigenvalue weighted by atomic mass is 9.90. The molecule has 0 aromatic rings. The molecule has 0 aromatic carbocycles. The monoisotopic (exact) mass is 282 g/mol. The van der Waals surface area contributed by atoms with Crippen molar-refractivity contribution in [1.82, 2.24) is 10.2 Å². The number of hydrogen-bond acceptors (Lipinski definition) is 2. The second kappa shape index (κ2) is 7.09. The highest BCUT2D eigenvalue weighted by atomic mass is 16.2. The van der Waals surface area contributed by atoms with Crippen LogP contribution in [0.1, 0.15) is 54.4 Å². The van der Waals surface area contributed by atoms with Crippen LogP contribution >= 0.6 is 0 Å². The molecular weight excluding hydrogens is 252 g/mol. The minimum Gasteiger partial charge on any atom is -0.342 e. The molecule has 1 heterocycles. The SMILES string of the molecule is CCC(C)CN1C(=O)C(C(C)CC)NC(=O)C1C(C)C. The Labute approximate surface area is 123 Å². The molecule has 1 saturated heterocycles. The fraction of sp³-hybridized carbons (Fsp3) is 0.875. The minimum absolute atomic E-state index is 0.00760. The summed E-state index contributed by atoms with van der Waals surface area (Å²) in [5, 5.41) is 2.94. The molecule has 4 heteroatoms. The van der Waals surface area contributed by atoms with E-state index < -0.39 is 0 Å². The van der Waals surface area contributed by atoms with Crippen LogP contribution in [0.15, 0.2) is 0 Å². The molecule has 0 aromatic heterocycles. The highest BCUT2D eigenvalue weighted by molar-refractivity contribution is 5.97.